The van der Waals surface area contributed by atoms with Gasteiger partial charge in [0.1, 0.15) is 0 Å². The molecule has 0 fully saturated rings. The molecule has 0 bridgehead atoms. The number of benzene rings is 1. The van der Waals surface area contributed by atoms with Crippen LogP contribution in [0.3, 0.4) is 0 Å². The number of ketones is 1. The Kier molecular flexibility index (Phi) is 4.35. The summed E-state index contributed by atoms with van der Waals surface area (Å²) in [5.74, 6) is 0.320. The normalized spacial score (nSPS) is 16.0. The van der Waals surface area contributed by atoms with Crippen molar-refractivity contribution in [2.75, 3.05) is 0 Å². The molecule has 0 N–H and O–H groups in total. The number of aryl methyl sites for hydroxylation is 2. The fourth-order valence-electron chi connectivity index (χ4n) is 2.48. The van der Waals surface area contributed by atoms with Crippen molar-refractivity contribution >= 4 is 5.78 Å². The summed E-state index contributed by atoms with van der Waals surface area (Å²) in [7, 11) is 0. The van der Waals surface area contributed by atoms with Gasteiger partial charge < -0.3 is 0 Å². The van der Waals surface area contributed by atoms with Crippen LogP contribution in [0, 0.1) is 13.8 Å². The van der Waals surface area contributed by atoms with Gasteiger partial charge in [0, 0.05) is 6.42 Å². The molecule has 1 aromatic rings. The molecule has 2 rings (SSSR count). The smallest absolute Gasteiger partial charge is 0.162 e. The van der Waals surface area contributed by atoms with Crippen molar-refractivity contribution in [2.24, 2.45) is 0 Å². The maximum absolute atomic E-state index is 12.2. The fraction of sp³-hybridized carbons (Fsp3) is 0.471. The van der Waals surface area contributed by atoms with Crippen molar-refractivity contribution in [3.8, 4) is 0 Å². The quantitative estimate of drug-likeness (QED) is 0.772. The van der Waals surface area contributed by atoms with Gasteiger partial charge in [0.05, 0.1) is 0 Å². The Morgan fingerprint density at radius 3 is 2.72 bits per heavy atom. The summed E-state index contributed by atoms with van der Waals surface area (Å²) in [6.07, 6.45) is 8.45. The van der Waals surface area contributed by atoms with Crippen LogP contribution in [0.4, 0.5) is 0 Å². The molecular formula is C17H22O. The largest absolute Gasteiger partial charge is 0.294 e. The second-order valence-corrected chi connectivity index (χ2v) is 5.35. The highest BCUT2D eigenvalue weighted by Gasteiger charge is 2.12. The minimum atomic E-state index is 0.320. The molecule has 0 aliphatic heterocycles. The van der Waals surface area contributed by atoms with Gasteiger partial charge in [-0.1, -0.05) is 30.7 Å². The van der Waals surface area contributed by atoms with Gasteiger partial charge in [-0.25, -0.2) is 0 Å². The molecule has 1 aliphatic rings. The number of hydrogen-bond donors (Lipinski definition) is 0. The Labute approximate surface area is 110 Å². The van der Waals surface area contributed by atoms with E-state index in [0.29, 0.717) is 12.2 Å². The molecule has 0 aromatic heterocycles. The van der Waals surface area contributed by atoms with E-state index in [1.54, 1.807) is 0 Å². The first kappa shape index (κ1) is 13.1. The maximum atomic E-state index is 12.2. The number of hydrogen-bond acceptors (Lipinski definition) is 1. The van der Waals surface area contributed by atoms with Gasteiger partial charge in [-0.05, 0) is 61.8 Å². The van der Waals surface area contributed by atoms with Gasteiger partial charge in [-0.2, -0.15) is 0 Å². The van der Waals surface area contributed by atoms with Crippen molar-refractivity contribution in [3.05, 3.63) is 46.5 Å². The second-order valence-electron chi connectivity index (χ2n) is 5.35. The Morgan fingerprint density at radius 2 is 1.94 bits per heavy atom. The zero-order chi connectivity index (χ0) is 13.0. The Bertz CT molecular complexity index is 468. The van der Waals surface area contributed by atoms with E-state index in [1.807, 2.05) is 0 Å². The van der Waals surface area contributed by atoms with E-state index in [0.717, 1.165) is 24.0 Å². The van der Waals surface area contributed by atoms with E-state index >= 15 is 0 Å². The van der Waals surface area contributed by atoms with Gasteiger partial charge in [-0.15, -0.1) is 0 Å². The molecular weight excluding hydrogens is 220 g/mol. The first-order valence-corrected chi connectivity index (χ1v) is 6.95. The number of carbonyl (C=O) groups excluding carboxylic acids is 1. The summed E-state index contributed by atoms with van der Waals surface area (Å²) >= 11 is 0. The predicted molar refractivity (Wildman–Crippen MR) is 75.8 cm³/mol. The summed E-state index contributed by atoms with van der Waals surface area (Å²) in [4.78, 5) is 12.2. The SMILES string of the molecule is Cc1ccc(CC(=O)C2=CCCCCC2)cc1C. The third kappa shape index (κ3) is 3.32. The summed E-state index contributed by atoms with van der Waals surface area (Å²) in [6, 6.07) is 6.33. The average molecular weight is 242 g/mol. The number of rotatable bonds is 3. The minimum absolute atomic E-state index is 0.320. The lowest BCUT2D eigenvalue weighted by Gasteiger charge is -2.07. The molecule has 0 spiro atoms. The zero-order valence-electron chi connectivity index (χ0n) is 11.5. The van der Waals surface area contributed by atoms with E-state index in [-0.39, 0.29) is 0 Å². The number of Topliss-reactive ketones (excluding diaryl/α,β-unsaturated/α-hetero) is 1. The molecule has 0 saturated heterocycles. The van der Waals surface area contributed by atoms with Crippen molar-refractivity contribution < 1.29 is 4.79 Å². The van der Waals surface area contributed by atoms with E-state index in [4.69, 9.17) is 0 Å². The van der Waals surface area contributed by atoms with Crippen LogP contribution in [-0.2, 0) is 11.2 Å². The van der Waals surface area contributed by atoms with E-state index in [1.165, 1.54) is 30.4 Å². The molecule has 0 atom stereocenters. The van der Waals surface area contributed by atoms with Crippen molar-refractivity contribution in [1.29, 1.82) is 0 Å². The Hall–Kier alpha value is -1.37. The molecule has 96 valence electrons. The van der Waals surface area contributed by atoms with Gasteiger partial charge >= 0.3 is 0 Å². The van der Waals surface area contributed by atoms with Gasteiger partial charge in [0.2, 0.25) is 0 Å². The molecule has 0 amide bonds. The standard InChI is InChI=1S/C17H22O/c1-13-9-10-15(11-14(13)2)12-17(18)16-7-5-3-4-6-8-16/h7,9-11H,3-6,8,12H2,1-2H3. The predicted octanol–water partition coefficient (Wildman–Crippen LogP) is 4.31. The summed E-state index contributed by atoms with van der Waals surface area (Å²) in [5.41, 5.74) is 4.77. The first-order chi connectivity index (χ1) is 8.66. The molecule has 1 aliphatic carbocycles. The second kappa shape index (κ2) is 5.99. The summed E-state index contributed by atoms with van der Waals surface area (Å²) in [5, 5.41) is 0. The lowest BCUT2D eigenvalue weighted by molar-refractivity contribution is -0.115. The van der Waals surface area contributed by atoms with Crippen LogP contribution in [0.2, 0.25) is 0 Å². The zero-order valence-corrected chi connectivity index (χ0v) is 11.5. The van der Waals surface area contributed by atoms with Crippen LogP contribution in [0.1, 0.15) is 48.8 Å². The molecule has 1 aromatic carbocycles. The summed E-state index contributed by atoms with van der Waals surface area (Å²) in [6.45, 7) is 4.21. The number of allylic oxidation sites excluding steroid dienone is 2. The Morgan fingerprint density at radius 1 is 1.11 bits per heavy atom. The topological polar surface area (TPSA) is 17.1 Å². The van der Waals surface area contributed by atoms with Crippen LogP contribution in [-0.4, -0.2) is 5.78 Å². The lowest BCUT2D eigenvalue weighted by Crippen LogP contribution is -2.06. The third-order valence-corrected chi connectivity index (χ3v) is 3.84. The lowest BCUT2D eigenvalue weighted by atomic mass is 9.97. The fourth-order valence-corrected chi connectivity index (χ4v) is 2.48. The maximum Gasteiger partial charge on any atom is 0.162 e. The van der Waals surface area contributed by atoms with Crippen molar-refractivity contribution in [2.45, 2.75) is 52.4 Å². The first-order valence-electron chi connectivity index (χ1n) is 6.95. The molecule has 0 radical (unpaired) electrons. The molecule has 0 unspecified atom stereocenters. The number of carbonyl (C=O) groups is 1. The van der Waals surface area contributed by atoms with Gasteiger partial charge in [0.15, 0.2) is 5.78 Å². The molecule has 0 heterocycles. The van der Waals surface area contributed by atoms with Gasteiger partial charge in [-0.3, -0.25) is 4.79 Å². The van der Waals surface area contributed by atoms with Crippen molar-refractivity contribution in [3.63, 3.8) is 0 Å². The van der Waals surface area contributed by atoms with Crippen LogP contribution in [0.25, 0.3) is 0 Å². The molecule has 1 nitrogen and oxygen atoms in total. The van der Waals surface area contributed by atoms with Crippen LogP contribution in [0.15, 0.2) is 29.8 Å². The summed E-state index contributed by atoms with van der Waals surface area (Å²) < 4.78 is 0. The van der Waals surface area contributed by atoms with E-state index in [9.17, 15) is 4.79 Å². The van der Waals surface area contributed by atoms with Crippen LogP contribution in [0.5, 0.6) is 0 Å². The average Bonchev–Trinajstić information content (AvgIpc) is 2.62. The van der Waals surface area contributed by atoms with Crippen molar-refractivity contribution in [1.82, 2.24) is 0 Å². The molecule has 1 heteroatoms. The highest BCUT2D eigenvalue weighted by Crippen LogP contribution is 2.20. The van der Waals surface area contributed by atoms with Crippen LogP contribution >= 0.6 is 0 Å². The molecule has 0 saturated carbocycles. The Balaban J connectivity index is 2.06. The minimum Gasteiger partial charge on any atom is -0.294 e. The van der Waals surface area contributed by atoms with E-state index < -0.39 is 0 Å². The van der Waals surface area contributed by atoms with Gasteiger partial charge in [0.25, 0.3) is 0 Å². The van der Waals surface area contributed by atoms with Crippen LogP contribution < -0.4 is 0 Å². The molecule has 18 heavy (non-hydrogen) atoms. The monoisotopic (exact) mass is 242 g/mol. The third-order valence-electron chi connectivity index (χ3n) is 3.84. The van der Waals surface area contributed by atoms with E-state index in [2.05, 4.69) is 38.1 Å². The highest BCUT2D eigenvalue weighted by atomic mass is 16.1. The highest BCUT2D eigenvalue weighted by molar-refractivity contribution is 5.96.